The lowest BCUT2D eigenvalue weighted by Gasteiger charge is -2.27. The van der Waals surface area contributed by atoms with Crippen molar-refractivity contribution in [1.29, 1.82) is 0 Å². The van der Waals surface area contributed by atoms with Crippen molar-refractivity contribution in [2.45, 2.75) is 77.3 Å². The maximum absolute atomic E-state index is 14.2. The van der Waals surface area contributed by atoms with Crippen LogP contribution in [0.25, 0.3) is 22.0 Å². The lowest BCUT2D eigenvalue weighted by molar-refractivity contribution is -0.152. The summed E-state index contributed by atoms with van der Waals surface area (Å²) in [6.07, 6.45) is 11.7. The first kappa shape index (κ1) is 31.1. The van der Waals surface area contributed by atoms with Crippen LogP contribution in [0.1, 0.15) is 71.3 Å². The van der Waals surface area contributed by atoms with Crippen molar-refractivity contribution in [3.8, 4) is 27.7 Å². The lowest BCUT2D eigenvalue weighted by atomic mass is 9.91. The molecule has 1 aromatic carbocycles. The number of fused-ring (bicyclic) bond motifs is 2. The van der Waals surface area contributed by atoms with E-state index in [1.807, 2.05) is 36.6 Å². The highest BCUT2D eigenvalue weighted by Crippen LogP contribution is 2.58. The number of thiazole rings is 1. The Hall–Kier alpha value is -3.86. The first-order valence-corrected chi connectivity index (χ1v) is 16.9. The number of Topliss-reactive ketones (excluding diaryl/α,β-unsaturated/α-hetero) is 1. The number of carbonyl (C=O) groups excluding carboxylic acids is 3. The molecule has 0 radical (unpaired) electrons. The van der Waals surface area contributed by atoms with E-state index in [0.29, 0.717) is 30.8 Å². The van der Waals surface area contributed by atoms with Gasteiger partial charge in [0.2, 0.25) is 5.91 Å². The minimum Gasteiger partial charge on any atom is -0.497 e. The largest absolute Gasteiger partial charge is 0.497 e. The normalized spacial score (nSPS) is 28.0. The van der Waals surface area contributed by atoms with Gasteiger partial charge >= 0.3 is 5.97 Å². The van der Waals surface area contributed by atoms with Gasteiger partial charge in [0.1, 0.15) is 22.1 Å². The van der Waals surface area contributed by atoms with E-state index < -0.39 is 11.5 Å². The third kappa shape index (κ3) is 6.32. The van der Waals surface area contributed by atoms with Crippen LogP contribution >= 0.6 is 11.3 Å². The number of nitrogens with zero attached hydrogens (tertiary/aromatic N) is 5. The Morgan fingerprint density at radius 2 is 1.91 bits per heavy atom. The standard InChI is InChI=1S/C34H41N5O5S/c1-4-44-33(42)34-19-24(34)11-9-7-5-6-8-10-22(2)32(41)38-21-25(18-27(38)28(40)20-34)39-36-29(23-12-14-26(43-3)15-13-23)30(37-39)31-35-16-17-45-31/h9,11-17,22,24-25,27H,4-8,10,18-21H2,1-3H3/b11-9-/t22-,24+,25+,27-,34+/m0/s1. The van der Waals surface area contributed by atoms with Crippen molar-refractivity contribution >= 4 is 29.0 Å². The summed E-state index contributed by atoms with van der Waals surface area (Å²) < 4.78 is 10.8. The highest BCUT2D eigenvalue weighted by Gasteiger charge is 2.61. The van der Waals surface area contributed by atoms with Crippen LogP contribution < -0.4 is 4.74 Å². The van der Waals surface area contributed by atoms with Crippen molar-refractivity contribution in [3.05, 3.63) is 48.0 Å². The number of hydrogen-bond donors (Lipinski definition) is 0. The third-order valence-electron chi connectivity index (χ3n) is 9.49. The lowest BCUT2D eigenvalue weighted by Crippen LogP contribution is -2.44. The summed E-state index contributed by atoms with van der Waals surface area (Å²) in [5.41, 5.74) is 1.34. The van der Waals surface area contributed by atoms with E-state index in [1.54, 1.807) is 29.9 Å². The molecule has 1 saturated heterocycles. The number of rotatable bonds is 6. The van der Waals surface area contributed by atoms with E-state index in [2.05, 4.69) is 17.1 Å². The van der Waals surface area contributed by atoms with Crippen LogP contribution in [0.4, 0.5) is 0 Å². The first-order chi connectivity index (χ1) is 21.8. The van der Waals surface area contributed by atoms with Gasteiger partial charge in [-0.1, -0.05) is 31.9 Å². The van der Waals surface area contributed by atoms with Crippen molar-refractivity contribution in [2.75, 3.05) is 20.3 Å². The molecule has 45 heavy (non-hydrogen) atoms. The predicted octanol–water partition coefficient (Wildman–Crippen LogP) is 5.90. The average Bonchev–Trinajstić information content (AvgIpc) is 3.51. The fraction of sp³-hybridized carbons (Fsp3) is 0.529. The van der Waals surface area contributed by atoms with Crippen LogP contribution in [0.5, 0.6) is 5.75 Å². The van der Waals surface area contributed by atoms with Crippen molar-refractivity contribution in [3.63, 3.8) is 0 Å². The number of carbonyl (C=O) groups is 3. The smallest absolute Gasteiger partial charge is 0.313 e. The summed E-state index contributed by atoms with van der Waals surface area (Å²) >= 11 is 1.48. The summed E-state index contributed by atoms with van der Waals surface area (Å²) in [5, 5.41) is 12.5. The second-order valence-electron chi connectivity index (χ2n) is 12.5. The molecule has 2 aliphatic heterocycles. The van der Waals surface area contributed by atoms with Crippen molar-refractivity contribution in [1.82, 2.24) is 24.9 Å². The molecule has 2 fully saturated rings. The Morgan fingerprint density at radius 3 is 2.64 bits per heavy atom. The van der Waals surface area contributed by atoms with E-state index in [9.17, 15) is 14.4 Å². The fourth-order valence-corrected chi connectivity index (χ4v) is 7.42. The number of allylic oxidation sites excluding steroid dienone is 2. The Morgan fingerprint density at radius 1 is 1.11 bits per heavy atom. The van der Waals surface area contributed by atoms with Crippen LogP contribution in [0, 0.1) is 17.3 Å². The number of esters is 1. The zero-order valence-corrected chi connectivity index (χ0v) is 27.0. The molecule has 1 saturated carbocycles. The zero-order valence-electron chi connectivity index (χ0n) is 26.2. The molecule has 11 heteroatoms. The van der Waals surface area contributed by atoms with Crippen LogP contribution in [-0.2, 0) is 19.1 Å². The second-order valence-corrected chi connectivity index (χ2v) is 13.4. The highest BCUT2D eigenvalue weighted by molar-refractivity contribution is 7.13. The number of amides is 1. The van der Waals surface area contributed by atoms with Gasteiger partial charge < -0.3 is 14.4 Å². The molecule has 238 valence electrons. The van der Waals surface area contributed by atoms with Gasteiger partial charge in [0.25, 0.3) is 0 Å². The quantitative estimate of drug-likeness (QED) is 0.244. The maximum Gasteiger partial charge on any atom is 0.313 e. The Labute approximate surface area is 267 Å². The van der Waals surface area contributed by atoms with E-state index in [4.69, 9.17) is 19.7 Å². The number of benzene rings is 1. The fourth-order valence-electron chi connectivity index (χ4n) is 6.80. The molecule has 3 aromatic rings. The number of methoxy groups -OCH3 is 1. The molecule has 4 heterocycles. The summed E-state index contributed by atoms with van der Waals surface area (Å²) in [5.74, 6) is 0.0698. The van der Waals surface area contributed by atoms with Gasteiger partial charge in [0.05, 0.1) is 31.2 Å². The maximum atomic E-state index is 14.2. The minimum absolute atomic E-state index is 0.0217. The first-order valence-electron chi connectivity index (χ1n) is 16.0. The summed E-state index contributed by atoms with van der Waals surface area (Å²) in [7, 11) is 1.63. The molecule has 1 amide bonds. The number of aromatic nitrogens is 4. The molecule has 0 spiro atoms. The minimum atomic E-state index is -0.855. The molecule has 6 rings (SSSR count). The Bertz CT molecular complexity index is 1550. The SMILES string of the molecule is CCOC(=O)[C@]12CC(=O)[C@@H]3C[C@@H](n4nc(-c5ccc(OC)cc5)c(-c5nccs5)n4)CN3C(=O)[C@@H](C)CCCCC/C=C\[C@@H]1C2. The van der Waals surface area contributed by atoms with Crippen molar-refractivity contribution in [2.24, 2.45) is 17.3 Å². The van der Waals surface area contributed by atoms with E-state index >= 15 is 0 Å². The van der Waals surface area contributed by atoms with Gasteiger partial charge in [-0.05, 0) is 62.8 Å². The van der Waals surface area contributed by atoms with Gasteiger partial charge in [0.15, 0.2) is 5.78 Å². The number of ketones is 1. The molecule has 1 aliphatic carbocycles. The molecule has 2 aromatic heterocycles. The summed E-state index contributed by atoms with van der Waals surface area (Å²) in [4.78, 5) is 49.2. The van der Waals surface area contributed by atoms with Crippen molar-refractivity contribution < 1.29 is 23.9 Å². The van der Waals surface area contributed by atoms with Gasteiger partial charge in [-0.15, -0.1) is 16.4 Å². The molecule has 0 bridgehead atoms. The number of hydrogen-bond acceptors (Lipinski definition) is 9. The monoisotopic (exact) mass is 631 g/mol. The van der Waals surface area contributed by atoms with Gasteiger partial charge in [-0.25, -0.2) is 4.98 Å². The molecule has 3 aliphatic rings. The van der Waals surface area contributed by atoms with Gasteiger partial charge in [-0.3, -0.25) is 14.4 Å². The molecular formula is C34H41N5O5S. The summed E-state index contributed by atoms with van der Waals surface area (Å²) in [6.45, 7) is 4.34. The third-order valence-corrected chi connectivity index (χ3v) is 10.3. The van der Waals surface area contributed by atoms with Gasteiger partial charge in [0, 0.05) is 42.4 Å². The Balaban J connectivity index is 1.33. The highest BCUT2D eigenvalue weighted by atomic mass is 32.1. The topological polar surface area (TPSA) is 117 Å². The van der Waals surface area contributed by atoms with E-state index in [1.165, 1.54) is 11.3 Å². The van der Waals surface area contributed by atoms with Crippen LogP contribution in [-0.4, -0.2) is 68.8 Å². The van der Waals surface area contributed by atoms with Crippen LogP contribution in [0.3, 0.4) is 0 Å². The summed E-state index contributed by atoms with van der Waals surface area (Å²) in [6, 6.07) is 6.66. The molecule has 0 N–H and O–H groups in total. The van der Waals surface area contributed by atoms with E-state index in [0.717, 1.165) is 48.4 Å². The van der Waals surface area contributed by atoms with E-state index in [-0.39, 0.29) is 48.6 Å². The molecule has 10 nitrogen and oxygen atoms in total. The van der Waals surface area contributed by atoms with Gasteiger partial charge in [-0.2, -0.15) is 9.90 Å². The second kappa shape index (κ2) is 13.2. The Kier molecular flexibility index (Phi) is 9.16. The van der Waals surface area contributed by atoms with Crippen LogP contribution in [0.15, 0.2) is 48.0 Å². The zero-order chi connectivity index (χ0) is 31.6. The number of ether oxygens (including phenoxy) is 2. The average molecular weight is 632 g/mol. The predicted molar refractivity (Wildman–Crippen MR) is 170 cm³/mol. The van der Waals surface area contributed by atoms with Crippen LogP contribution in [0.2, 0.25) is 0 Å². The molecule has 0 unspecified atom stereocenters. The molecule has 5 atom stereocenters. The molecular weight excluding hydrogens is 590 g/mol.